The van der Waals surface area contributed by atoms with Gasteiger partial charge in [-0.05, 0) is 17.4 Å². The topological polar surface area (TPSA) is 81.1 Å². The van der Waals surface area contributed by atoms with E-state index in [2.05, 4.69) is 34.1 Å². The average molecular weight is 374 g/mol. The predicted molar refractivity (Wildman–Crippen MR) is 86.5 cm³/mol. The zero-order valence-corrected chi connectivity index (χ0v) is 14.0. The molecule has 0 unspecified atom stereocenters. The summed E-state index contributed by atoms with van der Waals surface area (Å²) in [6, 6.07) is 10.6. The standard InChI is InChI=1S/C15H20N2O2.C2HF3O2/c18-15(19)11-17-9-13-7-16(8-14(13)10-17)6-12-4-2-1-3-5-12;3-2(4,5)1(6)7/h1-5,13-14H,6-11H2,(H,18,19);(H,6,7)/t13-,14+;. The third-order valence-corrected chi connectivity index (χ3v) is 4.49. The van der Waals surface area contributed by atoms with Crippen LogP contribution in [0, 0.1) is 11.8 Å². The second kappa shape index (κ2) is 8.50. The van der Waals surface area contributed by atoms with Crippen molar-refractivity contribution in [1.82, 2.24) is 9.80 Å². The molecule has 3 rings (SSSR count). The van der Waals surface area contributed by atoms with Gasteiger partial charge in [0.05, 0.1) is 6.54 Å². The highest BCUT2D eigenvalue weighted by Crippen LogP contribution is 2.31. The van der Waals surface area contributed by atoms with Crippen molar-refractivity contribution in [2.75, 3.05) is 32.7 Å². The molecule has 144 valence electrons. The summed E-state index contributed by atoms with van der Waals surface area (Å²) in [5.74, 6) is -2.15. The molecule has 0 amide bonds. The van der Waals surface area contributed by atoms with E-state index in [0.29, 0.717) is 11.8 Å². The molecular weight excluding hydrogens is 353 g/mol. The summed E-state index contributed by atoms with van der Waals surface area (Å²) in [7, 11) is 0. The molecule has 2 aliphatic rings. The van der Waals surface area contributed by atoms with Crippen LogP contribution in [0.25, 0.3) is 0 Å². The van der Waals surface area contributed by atoms with E-state index in [1.807, 2.05) is 6.07 Å². The van der Waals surface area contributed by atoms with Gasteiger partial charge in [0, 0.05) is 32.7 Å². The van der Waals surface area contributed by atoms with Crippen LogP contribution in [0.2, 0.25) is 0 Å². The molecule has 2 aliphatic heterocycles. The van der Waals surface area contributed by atoms with E-state index in [-0.39, 0.29) is 6.54 Å². The monoisotopic (exact) mass is 374 g/mol. The number of benzene rings is 1. The molecule has 0 bridgehead atoms. The minimum absolute atomic E-state index is 0.200. The van der Waals surface area contributed by atoms with Gasteiger partial charge in [-0.1, -0.05) is 30.3 Å². The van der Waals surface area contributed by atoms with Crippen LogP contribution in [0.4, 0.5) is 13.2 Å². The lowest BCUT2D eigenvalue weighted by atomic mass is 10.0. The Bertz CT molecular complexity index is 610. The summed E-state index contributed by atoms with van der Waals surface area (Å²) in [6.07, 6.45) is -5.08. The van der Waals surface area contributed by atoms with Gasteiger partial charge in [-0.3, -0.25) is 14.6 Å². The highest BCUT2D eigenvalue weighted by molar-refractivity contribution is 5.73. The molecule has 2 fully saturated rings. The average Bonchev–Trinajstić information content (AvgIpc) is 3.04. The van der Waals surface area contributed by atoms with Crippen LogP contribution < -0.4 is 0 Å². The van der Waals surface area contributed by atoms with Crippen LogP contribution in [-0.2, 0) is 16.1 Å². The van der Waals surface area contributed by atoms with Crippen molar-refractivity contribution in [1.29, 1.82) is 0 Å². The first-order valence-electron chi connectivity index (χ1n) is 8.15. The van der Waals surface area contributed by atoms with Crippen LogP contribution in [-0.4, -0.2) is 70.9 Å². The Morgan fingerprint density at radius 2 is 1.42 bits per heavy atom. The van der Waals surface area contributed by atoms with Gasteiger partial charge in [0.15, 0.2) is 0 Å². The molecule has 0 radical (unpaired) electrons. The van der Waals surface area contributed by atoms with Crippen LogP contribution in [0.1, 0.15) is 5.56 Å². The third-order valence-electron chi connectivity index (χ3n) is 4.49. The first-order chi connectivity index (χ1) is 12.1. The largest absolute Gasteiger partial charge is 0.490 e. The Kier molecular flexibility index (Phi) is 6.60. The maximum Gasteiger partial charge on any atom is 0.490 e. The summed E-state index contributed by atoms with van der Waals surface area (Å²) in [5, 5.41) is 16.0. The Morgan fingerprint density at radius 3 is 1.85 bits per heavy atom. The van der Waals surface area contributed by atoms with Gasteiger partial charge in [-0.25, -0.2) is 4.79 Å². The molecule has 6 nitrogen and oxygen atoms in total. The second-order valence-corrected chi connectivity index (χ2v) is 6.59. The molecule has 0 saturated carbocycles. The van der Waals surface area contributed by atoms with Crippen LogP contribution in [0.15, 0.2) is 30.3 Å². The normalized spacial score (nSPS) is 23.2. The maximum atomic E-state index is 10.7. The summed E-state index contributed by atoms with van der Waals surface area (Å²) >= 11 is 0. The lowest BCUT2D eigenvalue weighted by Gasteiger charge is -2.20. The number of alkyl halides is 3. The van der Waals surface area contributed by atoms with Gasteiger partial charge in [0.25, 0.3) is 0 Å². The Morgan fingerprint density at radius 1 is 0.962 bits per heavy atom. The van der Waals surface area contributed by atoms with Crippen LogP contribution in [0.5, 0.6) is 0 Å². The molecule has 0 aromatic heterocycles. The first kappa shape index (κ1) is 20.2. The number of carboxylic acid groups (broad SMARTS) is 2. The number of hydrogen-bond acceptors (Lipinski definition) is 4. The fraction of sp³-hybridized carbons (Fsp3) is 0.529. The number of fused-ring (bicyclic) bond motifs is 1. The number of carbonyl (C=O) groups is 2. The summed E-state index contributed by atoms with van der Waals surface area (Å²) in [4.78, 5) is 24.2. The van der Waals surface area contributed by atoms with E-state index in [0.717, 1.165) is 32.7 Å². The van der Waals surface area contributed by atoms with E-state index >= 15 is 0 Å². The van der Waals surface area contributed by atoms with E-state index < -0.39 is 18.1 Å². The fourth-order valence-corrected chi connectivity index (χ4v) is 3.48. The van der Waals surface area contributed by atoms with Gasteiger partial charge >= 0.3 is 18.1 Å². The van der Waals surface area contributed by atoms with E-state index in [1.165, 1.54) is 5.56 Å². The molecule has 2 atom stereocenters. The number of halogens is 3. The van der Waals surface area contributed by atoms with Gasteiger partial charge < -0.3 is 10.2 Å². The molecule has 2 heterocycles. The zero-order valence-electron chi connectivity index (χ0n) is 14.0. The van der Waals surface area contributed by atoms with Crippen molar-refractivity contribution in [3.05, 3.63) is 35.9 Å². The van der Waals surface area contributed by atoms with Crippen molar-refractivity contribution in [2.24, 2.45) is 11.8 Å². The summed E-state index contributed by atoms with van der Waals surface area (Å²) in [6.45, 7) is 5.33. The minimum atomic E-state index is -5.08. The molecule has 26 heavy (non-hydrogen) atoms. The van der Waals surface area contributed by atoms with Gasteiger partial charge in [-0.2, -0.15) is 13.2 Å². The van der Waals surface area contributed by atoms with Crippen molar-refractivity contribution in [2.45, 2.75) is 12.7 Å². The SMILES string of the molecule is O=C(O)C(F)(F)F.O=C(O)CN1C[C@@H]2CN(Cc3ccccc3)C[C@@H]2C1. The Labute approximate surface area is 148 Å². The molecular formula is C17H21F3N2O4. The number of hydrogen-bond donors (Lipinski definition) is 2. The number of rotatable bonds is 4. The van der Waals surface area contributed by atoms with Crippen molar-refractivity contribution in [3.63, 3.8) is 0 Å². The fourth-order valence-electron chi connectivity index (χ4n) is 3.48. The molecule has 0 spiro atoms. The van der Waals surface area contributed by atoms with Crippen molar-refractivity contribution >= 4 is 11.9 Å². The quantitative estimate of drug-likeness (QED) is 0.836. The van der Waals surface area contributed by atoms with Crippen molar-refractivity contribution < 1.29 is 33.0 Å². The number of nitrogens with zero attached hydrogens (tertiary/aromatic N) is 2. The van der Waals surface area contributed by atoms with Crippen LogP contribution in [0.3, 0.4) is 0 Å². The highest BCUT2D eigenvalue weighted by atomic mass is 19.4. The smallest absolute Gasteiger partial charge is 0.480 e. The summed E-state index contributed by atoms with van der Waals surface area (Å²) < 4.78 is 31.7. The van der Waals surface area contributed by atoms with E-state index in [1.54, 1.807) is 0 Å². The maximum absolute atomic E-state index is 10.7. The van der Waals surface area contributed by atoms with Gasteiger partial charge in [-0.15, -0.1) is 0 Å². The number of likely N-dealkylation sites (tertiary alicyclic amines) is 2. The molecule has 1 aromatic carbocycles. The second-order valence-electron chi connectivity index (χ2n) is 6.59. The minimum Gasteiger partial charge on any atom is -0.480 e. The molecule has 2 saturated heterocycles. The highest BCUT2D eigenvalue weighted by Gasteiger charge is 2.40. The van der Waals surface area contributed by atoms with Crippen molar-refractivity contribution in [3.8, 4) is 0 Å². The lowest BCUT2D eigenvalue weighted by molar-refractivity contribution is -0.192. The molecule has 0 aliphatic carbocycles. The molecule has 9 heteroatoms. The van der Waals surface area contributed by atoms with Gasteiger partial charge in [0.1, 0.15) is 0 Å². The predicted octanol–water partition coefficient (Wildman–Crippen LogP) is 1.77. The summed E-state index contributed by atoms with van der Waals surface area (Å²) in [5.41, 5.74) is 1.37. The Hall–Kier alpha value is -2.13. The molecule has 2 N–H and O–H groups in total. The third kappa shape index (κ3) is 5.99. The zero-order chi connectivity index (χ0) is 19.3. The van der Waals surface area contributed by atoms with E-state index in [9.17, 15) is 18.0 Å². The first-order valence-corrected chi connectivity index (χ1v) is 8.15. The van der Waals surface area contributed by atoms with E-state index in [4.69, 9.17) is 15.0 Å². The Balaban J connectivity index is 0.000000298. The molecule has 1 aromatic rings. The van der Waals surface area contributed by atoms with Crippen LogP contribution >= 0.6 is 0 Å². The number of carboxylic acids is 2. The number of aliphatic carboxylic acids is 2. The lowest BCUT2D eigenvalue weighted by Crippen LogP contribution is -2.32. The van der Waals surface area contributed by atoms with Gasteiger partial charge in [0.2, 0.25) is 0 Å².